The zero-order valence-corrected chi connectivity index (χ0v) is 20.3. The van der Waals surface area contributed by atoms with Crippen LogP contribution in [-0.2, 0) is 11.3 Å². The molecule has 1 saturated heterocycles. The summed E-state index contributed by atoms with van der Waals surface area (Å²) in [4.78, 5) is 19.3. The molecular formula is C25H26F4N8O. The molecule has 1 fully saturated rings. The Labute approximate surface area is 215 Å². The van der Waals surface area contributed by atoms with Gasteiger partial charge in [0.05, 0.1) is 42.6 Å². The Morgan fingerprint density at radius 3 is 2.63 bits per heavy atom. The minimum atomic E-state index is -4.42. The molecule has 0 unspecified atom stereocenters. The van der Waals surface area contributed by atoms with E-state index in [1.165, 1.54) is 18.5 Å². The van der Waals surface area contributed by atoms with Crippen molar-refractivity contribution in [3.63, 3.8) is 0 Å². The van der Waals surface area contributed by atoms with E-state index < -0.39 is 18.3 Å². The van der Waals surface area contributed by atoms with Gasteiger partial charge in [0, 0.05) is 18.7 Å². The molecule has 0 spiro atoms. The minimum Gasteiger partial charge on any atom is -0.382 e. The molecular weight excluding hydrogens is 504 g/mol. The second-order valence-corrected chi connectivity index (χ2v) is 9.50. The topological polar surface area (TPSA) is 121 Å². The van der Waals surface area contributed by atoms with Crippen LogP contribution in [0.1, 0.15) is 18.4 Å². The Kier molecular flexibility index (Phi) is 6.88. The molecule has 0 bridgehead atoms. The van der Waals surface area contributed by atoms with E-state index in [0.717, 1.165) is 16.8 Å². The third-order valence-electron chi connectivity index (χ3n) is 6.48. The van der Waals surface area contributed by atoms with E-state index in [0.29, 0.717) is 42.8 Å². The predicted octanol–water partition coefficient (Wildman–Crippen LogP) is 3.53. The van der Waals surface area contributed by atoms with Gasteiger partial charge in [-0.2, -0.15) is 13.2 Å². The summed E-state index contributed by atoms with van der Waals surface area (Å²) < 4.78 is 58.1. The number of benzene rings is 1. The highest BCUT2D eigenvalue weighted by Crippen LogP contribution is 2.31. The number of fused-ring (bicyclic) bond motifs is 1. The van der Waals surface area contributed by atoms with Gasteiger partial charge in [-0.15, -0.1) is 0 Å². The van der Waals surface area contributed by atoms with Crippen LogP contribution in [0.4, 0.5) is 29.1 Å². The van der Waals surface area contributed by atoms with Crippen LogP contribution in [0.15, 0.2) is 49.2 Å². The number of piperidine rings is 1. The maximum Gasteiger partial charge on any atom is 0.411 e. The van der Waals surface area contributed by atoms with Gasteiger partial charge in [0.25, 0.3) is 0 Å². The number of pyridine rings is 1. The average Bonchev–Trinajstić information content (AvgIpc) is 3.27. The largest absolute Gasteiger partial charge is 0.411 e. The highest BCUT2D eigenvalue weighted by Gasteiger charge is 2.35. The van der Waals surface area contributed by atoms with Gasteiger partial charge >= 0.3 is 6.18 Å². The van der Waals surface area contributed by atoms with E-state index in [-0.39, 0.29) is 24.8 Å². The molecule has 1 atom stereocenters. The third-order valence-corrected chi connectivity index (χ3v) is 6.48. The van der Waals surface area contributed by atoms with Crippen molar-refractivity contribution >= 4 is 22.7 Å². The van der Waals surface area contributed by atoms with Crippen molar-refractivity contribution in [1.82, 2.24) is 24.5 Å². The second-order valence-electron chi connectivity index (χ2n) is 9.50. The van der Waals surface area contributed by atoms with Gasteiger partial charge < -0.3 is 25.7 Å². The maximum atomic E-state index is 13.5. The molecule has 0 radical (unpaired) electrons. The maximum absolute atomic E-state index is 13.5. The lowest BCUT2D eigenvalue weighted by atomic mass is 9.90. The van der Waals surface area contributed by atoms with Crippen LogP contribution >= 0.6 is 0 Å². The summed E-state index contributed by atoms with van der Waals surface area (Å²) in [5.41, 5.74) is 15.5. The van der Waals surface area contributed by atoms with Gasteiger partial charge in [0.1, 0.15) is 24.3 Å². The van der Waals surface area contributed by atoms with E-state index in [9.17, 15) is 17.6 Å². The smallest absolute Gasteiger partial charge is 0.382 e. The number of nitrogens with zero attached hydrogens (tertiary/aromatic N) is 6. The molecule has 1 aliphatic heterocycles. The van der Waals surface area contributed by atoms with E-state index in [1.54, 1.807) is 24.7 Å². The molecule has 1 aliphatic rings. The molecule has 1 aromatic carbocycles. The lowest BCUT2D eigenvalue weighted by molar-refractivity contribution is -0.177. The predicted molar refractivity (Wildman–Crippen MR) is 134 cm³/mol. The van der Waals surface area contributed by atoms with Gasteiger partial charge in [-0.25, -0.2) is 19.3 Å². The Hall–Kier alpha value is -3.84. The van der Waals surface area contributed by atoms with Gasteiger partial charge in [-0.3, -0.25) is 4.98 Å². The zero-order valence-electron chi connectivity index (χ0n) is 20.3. The fraction of sp³-hybridized carbons (Fsp3) is 0.360. The lowest BCUT2D eigenvalue weighted by Crippen LogP contribution is -2.57. The van der Waals surface area contributed by atoms with Crippen molar-refractivity contribution < 1.29 is 22.3 Å². The molecule has 3 aromatic heterocycles. The molecule has 38 heavy (non-hydrogen) atoms. The Morgan fingerprint density at radius 2 is 1.87 bits per heavy atom. The second kappa shape index (κ2) is 10.1. The number of hydrogen-bond acceptors (Lipinski definition) is 8. The van der Waals surface area contributed by atoms with E-state index in [1.807, 2.05) is 15.5 Å². The van der Waals surface area contributed by atoms with Crippen LogP contribution < -0.4 is 16.4 Å². The molecule has 0 saturated carbocycles. The first-order chi connectivity index (χ1) is 18.1. The lowest BCUT2D eigenvalue weighted by Gasteiger charge is -2.41. The first-order valence-electron chi connectivity index (χ1n) is 11.9. The molecule has 4 heterocycles. The molecule has 0 aliphatic carbocycles. The summed E-state index contributed by atoms with van der Waals surface area (Å²) in [7, 11) is 0. The van der Waals surface area contributed by atoms with E-state index >= 15 is 0 Å². The van der Waals surface area contributed by atoms with E-state index in [4.69, 9.17) is 16.2 Å². The van der Waals surface area contributed by atoms with Crippen LogP contribution in [0.5, 0.6) is 0 Å². The first-order valence-corrected chi connectivity index (χ1v) is 11.9. The zero-order chi connectivity index (χ0) is 26.9. The molecule has 4 N–H and O–H groups in total. The Balaban J connectivity index is 1.48. The summed E-state index contributed by atoms with van der Waals surface area (Å²) in [5, 5.41) is 0. The summed E-state index contributed by atoms with van der Waals surface area (Å²) in [6, 6.07) is 7.91. The summed E-state index contributed by atoms with van der Waals surface area (Å²) >= 11 is 0. The number of aromatic nitrogens is 5. The standard InChI is InChI=1S/C25H26F4N8O/c26-18-4-2-16(3-5-18)19-8-17(10-37-15-35-21-22(30)33-14-34-23(21)37)20(9-32-19)36-7-1-6-24(31,11-36)12-38-13-25(27,28)29/h2-5,8-9,14-15H,1,6-7,10-13,31H2,(H2,30,33,34)/t24-/m1/s1. The molecule has 9 nitrogen and oxygen atoms in total. The Bertz CT molecular complexity index is 1430. The first kappa shape index (κ1) is 25.8. The Morgan fingerprint density at radius 1 is 1.08 bits per heavy atom. The van der Waals surface area contributed by atoms with Gasteiger partial charge in [-0.05, 0) is 48.7 Å². The number of anilines is 2. The molecule has 13 heteroatoms. The number of hydrogen-bond donors (Lipinski definition) is 2. The van der Waals surface area contributed by atoms with Gasteiger partial charge in [0.15, 0.2) is 11.5 Å². The van der Waals surface area contributed by atoms with Crippen LogP contribution in [0, 0.1) is 5.82 Å². The van der Waals surface area contributed by atoms with E-state index in [2.05, 4.69) is 19.9 Å². The van der Waals surface area contributed by atoms with Crippen molar-refractivity contribution in [2.45, 2.75) is 31.1 Å². The molecule has 5 rings (SSSR count). The van der Waals surface area contributed by atoms with Crippen molar-refractivity contribution in [3.05, 3.63) is 60.6 Å². The number of nitrogen functional groups attached to an aromatic ring is 1. The van der Waals surface area contributed by atoms with Crippen LogP contribution in [0.2, 0.25) is 0 Å². The summed E-state index contributed by atoms with van der Waals surface area (Å²) in [6.07, 6.45) is 1.47. The quantitative estimate of drug-likeness (QED) is 0.348. The fourth-order valence-electron chi connectivity index (χ4n) is 4.73. The molecule has 0 amide bonds. The monoisotopic (exact) mass is 530 g/mol. The highest BCUT2D eigenvalue weighted by atomic mass is 19.4. The molecule has 200 valence electrons. The van der Waals surface area contributed by atoms with Crippen molar-refractivity contribution in [2.24, 2.45) is 5.73 Å². The van der Waals surface area contributed by atoms with Crippen LogP contribution in [-0.4, -0.2) is 62.5 Å². The molecule has 4 aromatic rings. The van der Waals surface area contributed by atoms with Crippen LogP contribution in [0.25, 0.3) is 22.4 Å². The minimum absolute atomic E-state index is 0.220. The SMILES string of the molecule is Nc1ncnc2c1ncn2Cc1cc(-c2ccc(F)cc2)ncc1N1CCC[C@](N)(COCC(F)(F)F)C1. The third kappa shape index (κ3) is 5.68. The number of imidazole rings is 1. The number of rotatable bonds is 7. The van der Waals surface area contributed by atoms with Crippen molar-refractivity contribution in [1.29, 1.82) is 0 Å². The summed E-state index contributed by atoms with van der Waals surface area (Å²) in [6.45, 7) is -0.291. The number of ether oxygens (including phenoxy) is 1. The summed E-state index contributed by atoms with van der Waals surface area (Å²) in [5.74, 6) is -0.0911. The van der Waals surface area contributed by atoms with Gasteiger partial charge in [0.2, 0.25) is 0 Å². The highest BCUT2D eigenvalue weighted by molar-refractivity contribution is 5.81. The van der Waals surface area contributed by atoms with Crippen LogP contribution in [0.3, 0.4) is 0 Å². The van der Waals surface area contributed by atoms with Gasteiger partial charge in [-0.1, -0.05) is 0 Å². The van der Waals surface area contributed by atoms with Crippen molar-refractivity contribution in [3.8, 4) is 11.3 Å². The number of halogens is 4. The fourth-order valence-corrected chi connectivity index (χ4v) is 4.73. The normalized spacial score (nSPS) is 18.3. The average molecular weight is 531 g/mol. The number of alkyl halides is 3. The number of nitrogens with two attached hydrogens (primary N) is 2. The van der Waals surface area contributed by atoms with Crippen molar-refractivity contribution in [2.75, 3.05) is 36.9 Å².